The molecule has 1 saturated heterocycles. The van der Waals surface area contributed by atoms with Crippen LogP contribution in [0.1, 0.15) is 31.2 Å². The molecule has 106 valence electrons. The summed E-state index contributed by atoms with van der Waals surface area (Å²) in [6, 6.07) is 9.75. The van der Waals surface area contributed by atoms with Crippen LogP contribution in [0.3, 0.4) is 0 Å². The van der Waals surface area contributed by atoms with Gasteiger partial charge in [-0.15, -0.1) is 0 Å². The number of nitrogens with one attached hydrogen (secondary N) is 1. The van der Waals surface area contributed by atoms with Crippen LogP contribution in [0.4, 0.5) is 0 Å². The molecule has 1 amide bonds. The molecule has 1 N–H and O–H groups in total. The Morgan fingerprint density at radius 1 is 1.10 bits per heavy atom. The Morgan fingerprint density at radius 2 is 1.75 bits per heavy atom. The van der Waals surface area contributed by atoms with E-state index < -0.39 is 0 Å². The van der Waals surface area contributed by atoms with E-state index in [1.54, 1.807) is 6.08 Å². The van der Waals surface area contributed by atoms with E-state index in [0.717, 1.165) is 31.5 Å². The van der Waals surface area contributed by atoms with Crippen molar-refractivity contribution < 1.29 is 4.79 Å². The molecule has 1 aromatic rings. The summed E-state index contributed by atoms with van der Waals surface area (Å²) in [5, 5.41) is 3.33. The van der Waals surface area contributed by atoms with Crippen LogP contribution >= 0.6 is 12.2 Å². The normalized spacial score (nSPS) is 15.9. The molecule has 1 aromatic carbocycles. The Balaban J connectivity index is 1.84. The molecule has 0 unspecified atom stereocenters. The minimum atomic E-state index is -0.164. The van der Waals surface area contributed by atoms with E-state index >= 15 is 0 Å². The van der Waals surface area contributed by atoms with Crippen molar-refractivity contribution in [2.75, 3.05) is 13.1 Å². The Hall–Kier alpha value is -1.68. The Bertz CT molecular complexity index is 477. The van der Waals surface area contributed by atoms with Crippen molar-refractivity contribution in [2.45, 2.75) is 25.7 Å². The Kier molecular flexibility index (Phi) is 5.74. The third-order valence-corrected chi connectivity index (χ3v) is 3.71. The zero-order valence-electron chi connectivity index (χ0n) is 11.5. The van der Waals surface area contributed by atoms with Crippen molar-refractivity contribution in [3.05, 3.63) is 42.0 Å². The van der Waals surface area contributed by atoms with E-state index in [1.807, 2.05) is 30.3 Å². The molecule has 0 saturated carbocycles. The van der Waals surface area contributed by atoms with Crippen molar-refractivity contribution in [3.8, 4) is 0 Å². The molecule has 0 bridgehead atoms. The second-order valence-electron chi connectivity index (χ2n) is 4.94. The van der Waals surface area contributed by atoms with Crippen molar-refractivity contribution in [1.82, 2.24) is 10.2 Å². The summed E-state index contributed by atoms with van der Waals surface area (Å²) in [6.45, 7) is 1.89. The van der Waals surface area contributed by atoms with Crippen LogP contribution in [0.15, 0.2) is 36.4 Å². The zero-order chi connectivity index (χ0) is 14.2. The zero-order valence-corrected chi connectivity index (χ0v) is 12.4. The second kappa shape index (κ2) is 7.80. The molecule has 1 heterocycles. The molecule has 20 heavy (non-hydrogen) atoms. The topological polar surface area (TPSA) is 32.3 Å². The first-order valence-corrected chi connectivity index (χ1v) is 7.49. The smallest absolute Gasteiger partial charge is 0.250 e. The predicted octanol–water partition coefficient (Wildman–Crippen LogP) is 2.98. The van der Waals surface area contributed by atoms with Gasteiger partial charge < -0.3 is 4.90 Å². The number of carbonyl (C=O) groups excluding carboxylic acids is 1. The molecular weight excluding hydrogens is 268 g/mol. The summed E-state index contributed by atoms with van der Waals surface area (Å²) in [6.07, 6.45) is 8.12. The standard InChI is InChI=1S/C16H20N2OS/c19-15(11-10-14-8-4-3-5-9-14)17-16(20)18-12-6-1-2-7-13-18/h3-5,8-11H,1-2,6-7,12-13H2,(H,17,19,20). The lowest BCUT2D eigenvalue weighted by Gasteiger charge is -2.22. The van der Waals surface area contributed by atoms with E-state index in [9.17, 15) is 4.79 Å². The summed E-state index contributed by atoms with van der Waals surface area (Å²) < 4.78 is 0. The molecule has 3 nitrogen and oxygen atoms in total. The molecule has 1 aliphatic rings. The van der Waals surface area contributed by atoms with Crippen LogP contribution in [-0.4, -0.2) is 29.0 Å². The van der Waals surface area contributed by atoms with Crippen molar-refractivity contribution >= 4 is 29.3 Å². The van der Waals surface area contributed by atoms with Crippen LogP contribution < -0.4 is 5.32 Å². The molecule has 0 aromatic heterocycles. The minimum Gasteiger partial charge on any atom is -0.349 e. The van der Waals surface area contributed by atoms with Crippen molar-refractivity contribution in [2.24, 2.45) is 0 Å². The number of carbonyl (C=O) groups is 1. The number of nitrogens with zero attached hydrogens (tertiary/aromatic N) is 1. The molecule has 0 spiro atoms. The van der Waals surface area contributed by atoms with Crippen LogP contribution in [0.25, 0.3) is 6.08 Å². The van der Waals surface area contributed by atoms with Gasteiger partial charge in [-0.25, -0.2) is 0 Å². The molecule has 0 radical (unpaired) electrons. The van der Waals surface area contributed by atoms with E-state index in [2.05, 4.69) is 10.2 Å². The highest BCUT2D eigenvalue weighted by atomic mass is 32.1. The number of likely N-dealkylation sites (tertiary alicyclic amines) is 1. The van der Waals surface area contributed by atoms with E-state index in [-0.39, 0.29) is 5.91 Å². The largest absolute Gasteiger partial charge is 0.349 e. The van der Waals surface area contributed by atoms with E-state index in [4.69, 9.17) is 12.2 Å². The number of hydrogen-bond donors (Lipinski definition) is 1. The summed E-state index contributed by atoms with van der Waals surface area (Å²) >= 11 is 5.30. The molecule has 2 rings (SSSR count). The Morgan fingerprint density at radius 3 is 2.40 bits per heavy atom. The third kappa shape index (κ3) is 4.78. The van der Waals surface area contributed by atoms with Crippen LogP contribution in [0.2, 0.25) is 0 Å². The summed E-state index contributed by atoms with van der Waals surface area (Å²) in [4.78, 5) is 13.9. The highest BCUT2D eigenvalue weighted by molar-refractivity contribution is 7.80. The van der Waals surface area contributed by atoms with Crippen molar-refractivity contribution in [3.63, 3.8) is 0 Å². The number of benzene rings is 1. The Labute approximate surface area is 125 Å². The van der Waals surface area contributed by atoms with Gasteiger partial charge >= 0.3 is 0 Å². The van der Waals surface area contributed by atoms with Crippen LogP contribution in [-0.2, 0) is 4.79 Å². The maximum atomic E-state index is 11.8. The van der Waals surface area contributed by atoms with Crippen LogP contribution in [0.5, 0.6) is 0 Å². The van der Waals surface area contributed by atoms with Gasteiger partial charge in [0.1, 0.15) is 0 Å². The maximum absolute atomic E-state index is 11.8. The maximum Gasteiger partial charge on any atom is 0.250 e. The lowest BCUT2D eigenvalue weighted by atomic mass is 10.2. The van der Waals surface area contributed by atoms with E-state index in [1.165, 1.54) is 18.9 Å². The molecule has 0 aliphatic carbocycles. The molecule has 1 aliphatic heterocycles. The average molecular weight is 288 g/mol. The second-order valence-corrected chi connectivity index (χ2v) is 5.33. The molecular formula is C16H20N2OS. The highest BCUT2D eigenvalue weighted by Crippen LogP contribution is 2.09. The van der Waals surface area contributed by atoms with Gasteiger partial charge in [0.25, 0.3) is 0 Å². The minimum absolute atomic E-state index is 0.164. The van der Waals surface area contributed by atoms with Gasteiger partial charge in [-0.1, -0.05) is 43.2 Å². The SMILES string of the molecule is O=C(C=Cc1ccccc1)NC(=S)N1CCCCCC1. The first-order valence-electron chi connectivity index (χ1n) is 7.09. The number of thiocarbonyl (C=S) groups is 1. The lowest BCUT2D eigenvalue weighted by molar-refractivity contribution is -0.115. The molecule has 4 heteroatoms. The first kappa shape index (κ1) is 14.7. The summed E-state index contributed by atoms with van der Waals surface area (Å²) in [7, 11) is 0. The number of rotatable bonds is 2. The van der Waals surface area contributed by atoms with E-state index in [0.29, 0.717) is 5.11 Å². The monoisotopic (exact) mass is 288 g/mol. The fraction of sp³-hybridized carbons (Fsp3) is 0.375. The van der Waals surface area contributed by atoms with Gasteiger partial charge in [0.2, 0.25) is 5.91 Å². The first-order chi connectivity index (χ1) is 9.75. The molecule has 1 fully saturated rings. The average Bonchev–Trinajstić information content (AvgIpc) is 2.75. The fourth-order valence-electron chi connectivity index (χ4n) is 2.24. The predicted molar refractivity (Wildman–Crippen MR) is 86.3 cm³/mol. The van der Waals surface area contributed by atoms with Crippen molar-refractivity contribution in [1.29, 1.82) is 0 Å². The van der Waals surface area contributed by atoms with Crippen LogP contribution in [0, 0.1) is 0 Å². The fourth-order valence-corrected chi connectivity index (χ4v) is 2.52. The number of hydrogen-bond acceptors (Lipinski definition) is 2. The van der Waals surface area contributed by atoms with Gasteiger partial charge in [0, 0.05) is 19.2 Å². The van der Waals surface area contributed by atoms with Gasteiger partial charge in [-0.2, -0.15) is 0 Å². The van der Waals surface area contributed by atoms with Gasteiger partial charge in [-0.3, -0.25) is 10.1 Å². The quantitative estimate of drug-likeness (QED) is 0.671. The summed E-state index contributed by atoms with van der Waals surface area (Å²) in [5.41, 5.74) is 1.00. The summed E-state index contributed by atoms with van der Waals surface area (Å²) in [5.74, 6) is -0.164. The lowest BCUT2D eigenvalue weighted by Crippen LogP contribution is -2.42. The van der Waals surface area contributed by atoms with Gasteiger partial charge in [0.15, 0.2) is 5.11 Å². The molecule has 0 atom stereocenters. The third-order valence-electron chi connectivity index (χ3n) is 3.35. The van der Waals surface area contributed by atoms with Gasteiger partial charge in [0.05, 0.1) is 0 Å². The highest BCUT2D eigenvalue weighted by Gasteiger charge is 2.13. The number of amides is 1. The van der Waals surface area contributed by atoms with Gasteiger partial charge in [-0.05, 0) is 36.7 Å².